The smallest absolute Gasteiger partial charge is 0.305 e. The van der Waals surface area contributed by atoms with Crippen molar-refractivity contribution in [3.63, 3.8) is 0 Å². The number of aryl methyl sites for hydroxylation is 2. The molecule has 0 aromatic heterocycles. The minimum atomic E-state index is -2.65. The first-order valence-corrected chi connectivity index (χ1v) is 9.30. The van der Waals surface area contributed by atoms with Gasteiger partial charge in [-0.05, 0) is 67.8 Å². The lowest BCUT2D eigenvalue weighted by Crippen LogP contribution is -2.20. The van der Waals surface area contributed by atoms with Crippen LogP contribution >= 0.6 is 0 Å². The highest BCUT2D eigenvalue weighted by atomic mass is 32.2. The molecule has 0 saturated carbocycles. The maximum atomic E-state index is 12.1. The number of carbonyl (C=O) groups excluding carboxylic acids is 1. The van der Waals surface area contributed by atoms with Gasteiger partial charge < -0.3 is 5.32 Å². The predicted octanol–water partition coefficient (Wildman–Crippen LogP) is 2.43. The Kier molecular flexibility index (Phi) is 3.75. The highest BCUT2D eigenvalue weighted by molar-refractivity contribution is 7.91. The van der Waals surface area contributed by atoms with Gasteiger partial charge in [0.15, 0.2) is 0 Å². The van der Waals surface area contributed by atoms with E-state index in [0.29, 0.717) is 0 Å². The van der Waals surface area contributed by atoms with Crippen LogP contribution in [0, 0.1) is 0 Å². The van der Waals surface area contributed by atoms with Gasteiger partial charge in [0.2, 0.25) is 0 Å². The average molecular weight is 307 g/mol. The zero-order valence-corrected chi connectivity index (χ0v) is 13.3. The summed E-state index contributed by atoms with van der Waals surface area (Å²) in [7, 11) is -1.12. The average Bonchev–Trinajstić information content (AvgIpc) is 3.06. The quantitative estimate of drug-likeness (QED) is 0.881. The first-order valence-electron chi connectivity index (χ1n) is 7.38. The number of benzene rings is 1. The molecule has 1 aromatic carbocycles. The molecule has 3 rings (SSSR count). The van der Waals surface area contributed by atoms with Crippen LogP contribution in [0.25, 0.3) is 0 Å². The van der Waals surface area contributed by atoms with E-state index in [0.717, 1.165) is 44.2 Å². The van der Waals surface area contributed by atoms with Crippen molar-refractivity contribution in [1.82, 2.24) is 4.72 Å². The molecule has 0 bridgehead atoms. The van der Waals surface area contributed by atoms with Crippen LogP contribution in [0.1, 0.15) is 35.1 Å². The van der Waals surface area contributed by atoms with E-state index in [-0.39, 0.29) is 0 Å². The molecular weight excluding hydrogens is 286 g/mol. The summed E-state index contributed by atoms with van der Waals surface area (Å²) < 4.78 is 18.2. The predicted molar refractivity (Wildman–Crippen MR) is 85.1 cm³/mol. The summed E-state index contributed by atoms with van der Waals surface area (Å²) in [6, 6.07) is 1.79. The van der Waals surface area contributed by atoms with Crippen molar-refractivity contribution in [2.75, 3.05) is 18.6 Å². The van der Waals surface area contributed by atoms with Gasteiger partial charge in [-0.15, -0.1) is 4.36 Å². The molecule has 6 heteroatoms. The molecule has 1 atom stereocenters. The molecule has 0 unspecified atom stereocenters. The molecule has 0 heterocycles. The van der Waals surface area contributed by atoms with Crippen molar-refractivity contribution in [2.24, 2.45) is 4.36 Å². The highest BCUT2D eigenvalue weighted by Gasteiger charge is 2.25. The van der Waals surface area contributed by atoms with Gasteiger partial charge in [0, 0.05) is 11.9 Å². The number of hydrogen-bond donors (Lipinski definition) is 2. The summed E-state index contributed by atoms with van der Waals surface area (Å²) in [4.78, 5) is 12.1. The second-order valence-electron chi connectivity index (χ2n) is 5.76. The third-order valence-electron chi connectivity index (χ3n) is 4.34. The van der Waals surface area contributed by atoms with E-state index in [1.165, 1.54) is 35.6 Å². The fourth-order valence-corrected chi connectivity index (χ4v) is 3.75. The molecule has 21 heavy (non-hydrogen) atoms. The van der Waals surface area contributed by atoms with Crippen LogP contribution in [0.2, 0.25) is 0 Å². The van der Waals surface area contributed by atoms with E-state index in [2.05, 4.69) is 20.5 Å². The Hall–Kier alpha value is -1.40. The van der Waals surface area contributed by atoms with Crippen LogP contribution in [-0.4, -0.2) is 23.5 Å². The van der Waals surface area contributed by atoms with Crippen molar-refractivity contribution in [2.45, 2.75) is 38.5 Å². The van der Waals surface area contributed by atoms with Gasteiger partial charge >= 0.3 is 6.03 Å². The van der Waals surface area contributed by atoms with Crippen LogP contribution in [0.5, 0.6) is 0 Å². The van der Waals surface area contributed by atoms with Crippen LogP contribution in [0.4, 0.5) is 10.5 Å². The first kappa shape index (κ1) is 14.5. The molecule has 0 radical (unpaired) electrons. The molecule has 0 spiro atoms. The summed E-state index contributed by atoms with van der Waals surface area (Å²) in [5, 5.41) is 2.91. The Labute approximate surface area is 125 Å². The summed E-state index contributed by atoms with van der Waals surface area (Å²) in [5.74, 6) is 0. The van der Waals surface area contributed by atoms with Gasteiger partial charge in [-0.2, -0.15) is 0 Å². The molecular formula is C15H21N3O2S. The van der Waals surface area contributed by atoms with Crippen molar-refractivity contribution < 1.29 is 9.00 Å². The molecule has 0 aliphatic heterocycles. The minimum Gasteiger partial charge on any atom is -0.305 e. The second-order valence-corrected chi connectivity index (χ2v) is 7.96. The molecule has 5 nitrogen and oxygen atoms in total. The normalized spacial score (nSPS) is 18.8. The van der Waals surface area contributed by atoms with Gasteiger partial charge in [0.1, 0.15) is 9.92 Å². The number of rotatable bonds is 2. The van der Waals surface area contributed by atoms with Gasteiger partial charge in [0.05, 0.1) is 0 Å². The van der Waals surface area contributed by atoms with Crippen molar-refractivity contribution in [3.05, 3.63) is 28.3 Å². The molecule has 2 aliphatic rings. The highest BCUT2D eigenvalue weighted by Crippen LogP contribution is 2.38. The van der Waals surface area contributed by atoms with Crippen LogP contribution in [0.15, 0.2) is 10.4 Å². The molecule has 1 aromatic rings. The van der Waals surface area contributed by atoms with E-state index in [1.54, 1.807) is 0 Å². The van der Waals surface area contributed by atoms with E-state index < -0.39 is 15.9 Å². The largest absolute Gasteiger partial charge is 0.354 e. The number of fused-ring (bicyclic) bond motifs is 2. The second kappa shape index (κ2) is 5.42. The SMILES string of the molecule is CN[S@](C)(=O)=NC(=O)Nc1c2c(cc3c1CCC3)CCC2. The van der Waals surface area contributed by atoms with Gasteiger partial charge in [0.25, 0.3) is 0 Å². The third-order valence-corrected chi connectivity index (χ3v) is 5.61. The number of nitrogens with one attached hydrogen (secondary N) is 2. The van der Waals surface area contributed by atoms with Gasteiger partial charge in [-0.25, -0.2) is 13.7 Å². The number of nitrogens with zero attached hydrogens (tertiary/aromatic N) is 1. The van der Waals surface area contributed by atoms with Crippen LogP contribution in [-0.2, 0) is 35.6 Å². The first-order chi connectivity index (χ1) is 10.00. The Bertz CT molecular complexity index is 686. The Morgan fingerprint density at radius 3 is 2.24 bits per heavy atom. The number of amides is 2. The van der Waals surface area contributed by atoms with Crippen LogP contribution in [0.3, 0.4) is 0 Å². The number of hydrogen-bond acceptors (Lipinski definition) is 2. The zero-order valence-electron chi connectivity index (χ0n) is 12.5. The summed E-state index contributed by atoms with van der Waals surface area (Å²) in [6.07, 6.45) is 7.88. The van der Waals surface area contributed by atoms with Gasteiger partial charge in [-0.1, -0.05) is 6.07 Å². The Morgan fingerprint density at radius 2 is 1.71 bits per heavy atom. The van der Waals surface area contributed by atoms with Crippen molar-refractivity contribution in [3.8, 4) is 0 Å². The van der Waals surface area contributed by atoms with Crippen molar-refractivity contribution in [1.29, 1.82) is 0 Å². The number of carbonyl (C=O) groups is 1. The molecule has 114 valence electrons. The molecule has 2 amide bonds. The fourth-order valence-electron chi connectivity index (χ4n) is 3.30. The monoisotopic (exact) mass is 307 g/mol. The number of urea groups is 1. The molecule has 0 saturated heterocycles. The van der Waals surface area contributed by atoms with E-state index >= 15 is 0 Å². The minimum absolute atomic E-state index is 0.522. The van der Waals surface area contributed by atoms with Gasteiger partial charge in [-0.3, -0.25) is 0 Å². The van der Waals surface area contributed by atoms with Crippen LogP contribution < -0.4 is 10.0 Å². The Balaban J connectivity index is 1.98. The summed E-state index contributed by atoms with van der Waals surface area (Å²) >= 11 is 0. The van der Waals surface area contributed by atoms with E-state index in [1.807, 2.05) is 0 Å². The molecule has 0 fully saturated rings. The molecule has 2 N–H and O–H groups in total. The number of anilines is 1. The lowest BCUT2D eigenvalue weighted by Gasteiger charge is -2.15. The maximum absolute atomic E-state index is 12.1. The lowest BCUT2D eigenvalue weighted by molar-refractivity contribution is 0.260. The summed E-state index contributed by atoms with van der Waals surface area (Å²) in [6.45, 7) is 0. The molecule has 2 aliphatic carbocycles. The topological polar surface area (TPSA) is 70.6 Å². The third kappa shape index (κ3) is 2.82. The standard InChI is InChI=1S/C15H21N3O2S/c1-16-21(2,20)18-15(19)17-14-12-7-3-5-10(12)9-11-6-4-8-13(11)14/h9H,3-8H2,1-2H3,(H2,16,17,18,19,20)/t21-/m0/s1. The summed E-state index contributed by atoms with van der Waals surface area (Å²) in [5.41, 5.74) is 6.17. The zero-order chi connectivity index (χ0) is 15.0. The van der Waals surface area contributed by atoms with E-state index in [4.69, 9.17) is 0 Å². The van der Waals surface area contributed by atoms with E-state index in [9.17, 15) is 9.00 Å². The van der Waals surface area contributed by atoms with Crippen molar-refractivity contribution >= 4 is 21.6 Å². The maximum Gasteiger partial charge on any atom is 0.354 e. The Morgan fingerprint density at radius 1 is 1.14 bits per heavy atom. The fraction of sp³-hybridized carbons (Fsp3) is 0.533. The lowest BCUT2D eigenvalue weighted by atomic mass is 9.99.